The van der Waals surface area contributed by atoms with Crippen molar-refractivity contribution in [1.29, 1.82) is 0 Å². The Labute approximate surface area is 57.0 Å². The number of ether oxygens (including phenoxy) is 1. The van der Waals surface area contributed by atoms with E-state index in [9.17, 15) is 0 Å². The Morgan fingerprint density at radius 2 is 2.11 bits per heavy atom. The van der Waals surface area contributed by atoms with E-state index in [-0.39, 0.29) is 0 Å². The Kier molecular flexibility index (Phi) is 2.09. The molecular weight excluding hydrogens is 114 g/mol. The molecule has 2 nitrogen and oxygen atoms in total. The van der Waals surface area contributed by atoms with E-state index in [0.29, 0.717) is 0 Å². The second-order valence-corrected chi connectivity index (χ2v) is 3.14. The van der Waals surface area contributed by atoms with Crippen LogP contribution in [0.5, 0.6) is 0 Å². The van der Waals surface area contributed by atoms with Crippen LogP contribution < -0.4 is 0 Å². The lowest BCUT2D eigenvalue weighted by molar-refractivity contribution is -0.946. The van der Waals surface area contributed by atoms with E-state index in [4.69, 9.17) is 4.74 Å². The largest absolute Gasteiger partial charge is 0.379 e. The van der Waals surface area contributed by atoms with Gasteiger partial charge in [0.05, 0.1) is 26.7 Å². The number of quaternary nitrogens is 1. The van der Waals surface area contributed by atoms with Crippen molar-refractivity contribution in [1.82, 2.24) is 0 Å². The van der Waals surface area contributed by atoms with Gasteiger partial charge in [-0.05, 0) is 0 Å². The summed E-state index contributed by atoms with van der Waals surface area (Å²) < 4.78 is 6.23. The minimum absolute atomic E-state index is 0.913. The van der Waals surface area contributed by atoms with Crippen LogP contribution in [0.4, 0.5) is 0 Å². The van der Waals surface area contributed by atoms with Crippen LogP contribution in [-0.4, -0.2) is 44.9 Å². The molecule has 54 valence electrons. The van der Waals surface area contributed by atoms with Crippen molar-refractivity contribution in [2.75, 3.05) is 40.4 Å². The molecule has 0 spiro atoms. The van der Waals surface area contributed by atoms with Crippen LogP contribution >= 0.6 is 0 Å². The third-order valence-electron chi connectivity index (χ3n) is 2.23. The van der Waals surface area contributed by atoms with Gasteiger partial charge in [0, 0.05) is 13.5 Å². The lowest BCUT2D eigenvalue weighted by Crippen LogP contribution is -2.55. The van der Waals surface area contributed by atoms with Crippen molar-refractivity contribution >= 4 is 0 Å². The maximum Gasteiger partial charge on any atom is 0.102 e. The van der Waals surface area contributed by atoms with Crippen LogP contribution in [-0.2, 0) is 4.74 Å². The molecule has 0 aromatic rings. The van der Waals surface area contributed by atoms with Crippen molar-refractivity contribution in [3.8, 4) is 0 Å². The fourth-order valence-corrected chi connectivity index (χ4v) is 1.23. The molecule has 0 aliphatic carbocycles. The van der Waals surface area contributed by atoms with Gasteiger partial charge in [0.15, 0.2) is 0 Å². The van der Waals surface area contributed by atoms with Gasteiger partial charge in [-0.3, -0.25) is 0 Å². The van der Waals surface area contributed by atoms with Gasteiger partial charge in [-0.25, -0.2) is 0 Å². The maximum absolute atomic E-state index is 5.00. The maximum atomic E-state index is 5.00. The summed E-state index contributed by atoms with van der Waals surface area (Å²) >= 11 is 0. The lowest BCUT2D eigenvalue weighted by Gasteiger charge is -2.41. The van der Waals surface area contributed by atoms with Crippen molar-refractivity contribution in [3.63, 3.8) is 0 Å². The summed E-state index contributed by atoms with van der Waals surface area (Å²) in [6.45, 7) is 4.81. The van der Waals surface area contributed by atoms with Gasteiger partial charge in [-0.2, -0.15) is 0 Å². The second-order valence-electron chi connectivity index (χ2n) is 3.14. The highest BCUT2D eigenvalue weighted by atomic mass is 16.5. The summed E-state index contributed by atoms with van der Waals surface area (Å²) in [5.74, 6) is 0. The molecule has 0 unspecified atom stereocenters. The fourth-order valence-electron chi connectivity index (χ4n) is 1.23. The van der Waals surface area contributed by atoms with E-state index in [0.717, 1.165) is 6.61 Å². The van der Waals surface area contributed by atoms with Gasteiger partial charge < -0.3 is 9.22 Å². The minimum atomic E-state index is 0.913. The Balaban J connectivity index is 2.09. The fraction of sp³-hybridized carbons (Fsp3) is 1.00. The first-order chi connectivity index (χ1) is 4.27. The summed E-state index contributed by atoms with van der Waals surface area (Å²) in [5, 5.41) is 0. The summed E-state index contributed by atoms with van der Waals surface area (Å²) in [4.78, 5) is 0. The van der Waals surface area contributed by atoms with Gasteiger partial charge in [-0.15, -0.1) is 0 Å². The molecule has 0 saturated carbocycles. The van der Waals surface area contributed by atoms with Gasteiger partial charge in [-0.1, -0.05) is 0 Å². The number of likely N-dealkylation sites (N-methyl/N-ethyl adjacent to an activating group) is 1. The van der Waals surface area contributed by atoms with E-state index in [2.05, 4.69) is 7.05 Å². The number of likely N-dealkylation sites (tertiary alicyclic amines) is 1. The quantitative estimate of drug-likeness (QED) is 0.505. The van der Waals surface area contributed by atoms with Gasteiger partial charge in [0.25, 0.3) is 0 Å². The molecule has 0 radical (unpaired) electrons. The molecule has 0 N–H and O–H groups in total. The molecule has 0 atom stereocenters. The molecule has 1 saturated heterocycles. The SMILES string of the molecule is COCC[N+]1(C)CCC1. The average molecular weight is 130 g/mol. The molecule has 1 aliphatic heterocycles. The number of hydrogen-bond acceptors (Lipinski definition) is 1. The molecule has 9 heavy (non-hydrogen) atoms. The van der Waals surface area contributed by atoms with Crippen LogP contribution in [0, 0.1) is 0 Å². The van der Waals surface area contributed by atoms with Crippen LogP contribution in [0.15, 0.2) is 0 Å². The van der Waals surface area contributed by atoms with E-state index in [1.54, 1.807) is 7.11 Å². The lowest BCUT2D eigenvalue weighted by atomic mass is 10.1. The first-order valence-electron chi connectivity index (χ1n) is 3.59. The number of nitrogens with zero attached hydrogens (tertiary/aromatic N) is 1. The van der Waals surface area contributed by atoms with Crippen LogP contribution in [0.1, 0.15) is 6.42 Å². The van der Waals surface area contributed by atoms with Gasteiger partial charge >= 0.3 is 0 Å². The van der Waals surface area contributed by atoms with Crippen molar-refractivity contribution < 1.29 is 9.22 Å². The number of rotatable bonds is 3. The zero-order valence-electron chi connectivity index (χ0n) is 6.39. The first-order valence-corrected chi connectivity index (χ1v) is 3.59. The van der Waals surface area contributed by atoms with Gasteiger partial charge in [0.2, 0.25) is 0 Å². The third-order valence-corrected chi connectivity index (χ3v) is 2.23. The Hall–Kier alpha value is -0.0800. The highest BCUT2D eigenvalue weighted by Crippen LogP contribution is 2.14. The highest BCUT2D eigenvalue weighted by Gasteiger charge is 2.29. The molecular formula is C7H16NO+. The average Bonchev–Trinajstić information content (AvgIpc) is 1.79. The molecule has 0 aromatic carbocycles. The molecule has 2 heteroatoms. The third kappa shape index (κ3) is 1.66. The first kappa shape index (κ1) is 7.03. The molecule has 0 aromatic heterocycles. The van der Waals surface area contributed by atoms with E-state index in [1.165, 1.54) is 30.5 Å². The predicted molar refractivity (Wildman–Crippen MR) is 37.3 cm³/mol. The standard InChI is InChI=1S/C7H16NO/c1-8(4-3-5-8)6-7-9-2/h3-7H2,1-2H3/q+1. The Morgan fingerprint density at radius 3 is 2.44 bits per heavy atom. The van der Waals surface area contributed by atoms with E-state index in [1.807, 2.05) is 0 Å². The van der Waals surface area contributed by atoms with Crippen LogP contribution in [0.2, 0.25) is 0 Å². The monoisotopic (exact) mass is 130 g/mol. The topological polar surface area (TPSA) is 9.23 Å². The normalized spacial score (nSPS) is 23.3. The van der Waals surface area contributed by atoms with Gasteiger partial charge in [0.1, 0.15) is 6.54 Å². The molecule has 1 heterocycles. The van der Waals surface area contributed by atoms with Crippen LogP contribution in [0.25, 0.3) is 0 Å². The smallest absolute Gasteiger partial charge is 0.102 e. The summed E-state index contributed by atoms with van der Waals surface area (Å²) in [7, 11) is 4.06. The number of hydrogen-bond donors (Lipinski definition) is 0. The summed E-state index contributed by atoms with van der Waals surface area (Å²) in [6.07, 6.45) is 1.40. The summed E-state index contributed by atoms with van der Waals surface area (Å²) in [6, 6.07) is 0. The Bertz CT molecular complexity index is 88.9. The van der Waals surface area contributed by atoms with E-state index >= 15 is 0 Å². The highest BCUT2D eigenvalue weighted by molar-refractivity contribution is 4.50. The minimum Gasteiger partial charge on any atom is -0.379 e. The summed E-state index contributed by atoms with van der Waals surface area (Å²) in [5.41, 5.74) is 0. The second kappa shape index (κ2) is 2.67. The number of methoxy groups -OCH3 is 1. The van der Waals surface area contributed by atoms with Crippen molar-refractivity contribution in [2.45, 2.75) is 6.42 Å². The van der Waals surface area contributed by atoms with Crippen molar-refractivity contribution in [3.05, 3.63) is 0 Å². The van der Waals surface area contributed by atoms with Crippen LogP contribution in [0.3, 0.4) is 0 Å². The Morgan fingerprint density at radius 1 is 1.44 bits per heavy atom. The predicted octanol–water partition coefficient (Wildman–Crippen LogP) is 0.483. The van der Waals surface area contributed by atoms with Crippen molar-refractivity contribution in [2.24, 2.45) is 0 Å². The molecule has 0 amide bonds. The molecule has 1 aliphatic rings. The zero-order chi connectivity index (χ0) is 6.74. The van der Waals surface area contributed by atoms with E-state index < -0.39 is 0 Å². The molecule has 0 bridgehead atoms. The zero-order valence-corrected chi connectivity index (χ0v) is 6.39. The molecule has 1 rings (SSSR count). The molecule has 1 fully saturated rings.